The molecule has 7 heteroatoms. The Labute approximate surface area is 167 Å². The number of piperazine rings is 1. The minimum absolute atomic E-state index is 0.0816. The third kappa shape index (κ3) is 3.20. The number of nitrogens with zero attached hydrogens (tertiary/aromatic N) is 4. The Hall–Kier alpha value is -2.67. The zero-order chi connectivity index (χ0) is 19.1. The van der Waals surface area contributed by atoms with E-state index in [0.29, 0.717) is 32.1 Å². The first-order chi connectivity index (χ1) is 13.7. The highest BCUT2D eigenvalue weighted by molar-refractivity contribution is 7.10. The fourth-order valence-electron chi connectivity index (χ4n) is 4.08. The average molecular weight is 395 g/mol. The quantitative estimate of drug-likeness (QED) is 0.683. The zero-order valence-electron chi connectivity index (χ0n) is 15.5. The highest BCUT2D eigenvalue weighted by atomic mass is 32.1. The van der Waals surface area contributed by atoms with Crippen LogP contribution in [0.25, 0.3) is 11.0 Å². The Morgan fingerprint density at radius 2 is 1.82 bits per heavy atom. The van der Waals surface area contributed by atoms with Gasteiger partial charge >= 0.3 is 0 Å². The highest BCUT2D eigenvalue weighted by Crippen LogP contribution is 2.50. The molecule has 0 unspecified atom stereocenters. The minimum Gasteiger partial charge on any atom is -0.339 e. The summed E-state index contributed by atoms with van der Waals surface area (Å²) >= 11 is 1.74. The van der Waals surface area contributed by atoms with E-state index in [1.54, 1.807) is 17.7 Å². The molecule has 28 heavy (non-hydrogen) atoms. The molecule has 2 aliphatic rings. The van der Waals surface area contributed by atoms with Gasteiger partial charge in [0.25, 0.3) is 0 Å². The summed E-state index contributed by atoms with van der Waals surface area (Å²) < 4.78 is 1.89. The molecule has 0 spiro atoms. The Morgan fingerprint density at radius 1 is 1.04 bits per heavy atom. The smallest absolute Gasteiger partial charge is 0.242 e. The topological polar surface area (TPSA) is 58.4 Å². The van der Waals surface area contributed by atoms with E-state index in [0.717, 1.165) is 17.5 Å². The molecule has 1 aliphatic carbocycles. The molecule has 2 aromatic heterocycles. The van der Waals surface area contributed by atoms with Crippen molar-refractivity contribution in [1.82, 2.24) is 19.4 Å². The molecule has 5 rings (SSSR count). The third-order valence-electron chi connectivity index (χ3n) is 5.79. The Bertz CT molecular complexity index is 1000. The lowest BCUT2D eigenvalue weighted by Gasteiger charge is -2.35. The van der Waals surface area contributed by atoms with E-state index >= 15 is 0 Å². The van der Waals surface area contributed by atoms with E-state index in [4.69, 9.17) is 0 Å². The van der Waals surface area contributed by atoms with Gasteiger partial charge in [0.15, 0.2) is 0 Å². The molecule has 0 bridgehead atoms. The zero-order valence-corrected chi connectivity index (χ0v) is 16.3. The monoisotopic (exact) mass is 394 g/mol. The molecule has 0 N–H and O–H groups in total. The lowest BCUT2D eigenvalue weighted by Crippen LogP contribution is -2.51. The Morgan fingerprint density at radius 3 is 2.61 bits per heavy atom. The molecule has 1 aliphatic heterocycles. The van der Waals surface area contributed by atoms with Gasteiger partial charge in [-0.25, -0.2) is 4.98 Å². The minimum atomic E-state index is 0.0816. The first-order valence-electron chi connectivity index (χ1n) is 9.70. The normalized spacial score (nSPS) is 21.9. The van der Waals surface area contributed by atoms with Crippen LogP contribution in [0.4, 0.5) is 0 Å². The fraction of sp³-hybridized carbons (Fsp3) is 0.381. The van der Waals surface area contributed by atoms with Crippen molar-refractivity contribution in [3.05, 3.63) is 53.0 Å². The number of carbonyl (C=O) groups excluding carboxylic acids is 2. The van der Waals surface area contributed by atoms with Crippen molar-refractivity contribution in [1.29, 1.82) is 0 Å². The van der Waals surface area contributed by atoms with E-state index in [-0.39, 0.29) is 24.3 Å². The van der Waals surface area contributed by atoms with Crippen molar-refractivity contribution in [2.75, 3.05) is 26.2 Å². The van der Waals surface area contributed by atoms with Crippen molar-refractivity contribution in [3.8, 4) is 0 Å². The number of thiophene rings is 1. The van der Waals surface area contributed by atoms with Gasteiger partial charge in [-0.3, -0.25) is 9.59 Å². The summed E-state index contributed by atoms with van der Waals surface area (Å²) in [7, 11) is 0. The number of hydrogen-bond acceptors (Lipinski definition) is 4. The Balaban J connectivity index is 1.16. The Kier molecular flexibility index (Phi) is 4.39. The van der Waals surface area contributed by atoms with E-state index in [2.05, 4.69) is 16.4 Å². The summed E-state index contributed by atoms with van der Waals surface area (Å²) in [6.45, 7) is 2.75. The maximum absolute atomic E-state index is 12.8. The predicted molar refractivity (Wildman–Crippen MR) is 108 cm³/mol. The standard InChI is InChI=1S/C21H22N4O2S/c26-20(13-25-14-22-17-4-1-2-5-18(17)25)23-7-9-24(10-8-23)21(27)16-12-15(16)19-6-3-11-28-19/h1-6,11,14-16H,7-10,12-13H2/t15-,16-/m1/s1. The van der Waals surface area contributed by atoms with Crippen LogP contribution >= 0.6 is 11.3 Å². The maximum atomic E-state index is 12.8. The first-order valence-corrected chi connectivity index (χ1v) is 10.6. The van der Waals surface area contributed by atoms with Crippen LogP contribution in [-0.4, -0.2) is 57.3 Å². The van der Waals surface area contributed by atoms with Gasteiger partial charge in [0.2, 0.25) is 11.8 Å². The number of benzene rings is 1. The van der Waals surface area contributed by atoms with E-state index in [1.807, 2.05) is 44.7 Å². The summed E-state index contributed by atoms with van der Waals surface area (Å²) in [6, 6.07) is 12.0. The van der Waals surface area contributed by atoms with E-state index in [1.165, 1.54) is 4.88 Å². The lowest BCUT2D eigenvalue weighted by molar-refractivity contribution is -0.140. The summed E-state index contributed by atoms with van der Waals surface area (Å²) in [4.78, 5) is 34.9. The number of para-hydroxylation sites is 2. The summed E-state index contributed by atoms with van der Waals surface area (Å²) in [5.74, 6) is 0.879. The van der Waals surface area contributed by atoms with Gasteiger partial charge in [-0.15, -0.1) is 11.3 Å². The number of amides is 2. The van der Waals surface area contributed by atoms with Gasteiger partial charge in [-0.2, -0.15) is 0 Å². The van der Waals surface area contributed by atoms with Crippen molar-refractivity contribution in [2.45, 2.75) is 18.9 Å². The van der Waals surface area contributed by atoms with Gasteiger partial charge in [-0.05, 0) is 30.0 Å². The number of carbonyl (C=O) groups is 2. The number of aromatic nitrogens is 2. The number of rotatable bonds is 4. The van der Waals surface area contributed by atoms with Crippen molar-refractivity contribution in [3.63, 3.8) is 0 Å². The van der Waals surface area contributed by atoms with Crippen molar-refractivity contribution < 1.29 is 9.59 Å². The van der Waals surface area contributed by atoms with Crippen molar-refractivity contribution in [2.24, 2.45) is 5.92 Å². The van der Waals surface area contributed by atoms with Crippen LogP contribution in [0, 0.1) is 5.92 Å². The number of imidazole rings is 1. The third-order valence-corrected chi connectivity index (χ3v) is 6.80. The molecule has 1 saturated heterocycles. The first kappa shape index (κ1) is 17.4. The highest BCUT2D eigenvalue weighted by Gasteiger charge is 2.46. The second-order valence-electron chi connectivity index (χ2n) is 7.53. The molecule has 1 aromatic carbocycles. The van der Waals surface area contributed by atoms with Crippen LogP contribution in [0.3, 0.4) is 0 Å². The number of fused-ring (bicyclic) bond motifs is 1. The molecular formula is C21H22N4O2S. The van der Waals surface area contributed by atoms with Gasteiger partial charge in [0.05, 0.1) is 17.4 Å². The summed E-state index contributed by atoms with van der Waals surface area (Å²) in [5.41, 5.74) is 1.87. The van der Waals surface area contributed by atoms with Crippen LogP contribution in [0.2, 0.25) is 0 Å². The van der Waals surface area contributed by atoms with E-state index < -0.39 is 0 Å². The van der Waals surface area contributed by atoms with Gasteiger partial charge in [0, 0.05) is 42.9 Å². The maximum Gasteiger partial charge on any atom is 0.242 e. The fourth-order valence-corrected chi connectivity index (χ4v) is 4.98. The van der Waals surface area contributed by atoms with E-state index in [9.17, 15) is 9.59 Å². The average Bonchev–Trinajstić information content (AvgIpc) is 3.14. The van der Waals surface area contributed by atoms with Crippen LogP contribution < -0.4 is 0 Å². The lowest BCUT2D eigenvalue weighted by atomic mass is 10.2. The largest absolute Gasteiger partial charge is 0.339 e. The number of hydrogen-bond donors (Lipinski definition) is 0. The molecule has 3 aromatic rings. The van der Waals surface area contributed by atoms with Crippen molar-refractivity contribution >= 4 is 34.2 Å². The molecule has 0 radical (unpaired) electrons. The molecule has 2 fully saturated rings. The van der Waals surface area contributed by atoms with Gasteiger partial charge < -0.3 is 14.4 Å². The summed E-state index contributed by atoms with van der Waals surface area (Å²) in [6.07, 6.45) is 2.69. The van der Waals surface area contributed by atoms with Gasteiger partial charge in [0.1, 0.15) is 6.54 Å². The van der Waals surface area contributed by atoms with Crippen LogP contribution in [0.15, 0.2) is 48.1 Å². The molecule has 1 saturated carbocycles. The SMILES string of the molecule is O=C(Cn1cnc2ccccc21)N1CCN(C(=O)[C@@H]2C[C@H]2c2cccs2)CC1. The summed E-state index contributed by atoms with van der Waals surface area (Å²) in [5, 5.41) is 2.07. The molecule has 2 amide bonds. The molecule has 144 valence electrons. The molecular weight excluding hydrogens is 372 g/mol. The second kappa shape index (κ2) is 7.05. The predicted octanol–water partition coefficient (Wildman–Crippen LogP) is 2.57. The molecule has 2 atom stereocenters. The van der Waals surface area contributed by atoms with Crippen LogP contribution in [0.5, 0.6) is 0 Å². The van der Waals surface area contributed by atoms with Crippen LogP contribution in [0.1, 0.15) is 17.2 Å². The molecule has 3 heterocycles. The second-order valence-corrected chi connectivity index (χ2v) is 8.51. The van der Waals surface area contributed by atoms with Crippen LogP contribution in [-0.2, 0) is 16.1 Å². The van der Waals surface area contributed by atoms with Gasteiger partial charge in [-0.1, -0.05) is 18.2 Å². The molecule has 6 nitrogen and oxygen atoms in total.